The van der Waals surface area contributed by atoms with E-state index in [9.17, 15) is 14.4 Å². The first kappa shape index (κ1) is 24.6. The van der Waals surface area contributed by atoms with Gasteiger partial charge in [0.2, 0.25) is 0 Å². The zero-order chi connectivity index (χ0) is 22.8. The Labute approximate surface area is 197 Å². The Morgan fingerprint density at radius 3 is 2.48 bits per heavy atom. The summed E-state index contributed by atoms with van der Waals surface area (Å²) in [5.41, 5.74) is 0.410. The zero-order valence-electron chi connectivity index (χ0n) is 19.1. The third kappa shape index (κ3) is 4.99. The topological polar surface area (TPSA) is 89.9 Å². The summed E-state index contributed by atoms with van der Waals surface area (Å²) >= 11 is 0. The van der Waals surface area contributed by atoms with Gasteiger partial charge in [-0.3, -0.25) is 23.6 Å². The summed E-state index contributed by atoms with van der Waals surface area (Å²) in [4.78, 5) is 41.1. The van der Waals surface area contributed by atoms with Gasteiger partial charge in [0.15, 0.2) is 5.43 Å². The molecule has 1 aromatic carbocycles. The first-order chi connectivity index (χ1) is 15.4. The predicted molar refractivity (Wildman–Crippen MR) is 130 cm³/mol. The highest BCUT2D eigenvalue weighted by molar-refractivity contribution is 5.85. The second-order valence-corrected chi connectivity index (χ2v) is 8.15. The summed E-state index contributed by atoms with van der Waals surface area (Å²) in [6.45, 7) is 6.24. The number of hydrogen-bond acceptors (Lipinski definition) is 7. The summed E-state index contributed by atoms with van der Waals surface area (Å²) in [5.74, 6) is 1.21. The van der Waals surface area contributed by atoms with Crippen LogP contribution in [-0.4, -0.2) is 53.4 Å². The van der Waals surface area contributed by atoms with E-state index >= 15 is 0 Å². The van der Waals surface area contributed by atoms with E-state index in [2.05, 4.69) is 9.80 Å². The van der Waals surface area contributed by atoms with Crippen LogP contribution in [0, 0.1) is 6.92 Å². The van der Waals surface area contributed by atoms with Crippen LogP contribution < -0.4 is 26.3 Å². The molecule has 10 heteroatoms. The normalized spacial score (nSPS) is 14.3. The molecule has 0 N–H and O–H groups in total. The Kier molecular flexibility index (Phi) is 7.65. The molecule has 3 aromatic rings. The largest absolute Gasteiger partial charge is 0.493 e. The molecule has 9 nitrogen and oxygen atoms in total. The molecular weight excluding hydrogens is 448 g/mol. The third-order valence-electron chi connectivity index (χ3n) is 6.01. The monoisotopic (exact) mass is 476 g/mol. The number of anilines is 1. The summed E-state index contributed by atoms with van der Waals surface area (Å²) in [6, 6.07) is 6.90. The minimum absolute atomic E-state index is 0. The molecule has 0 bridgehead atoms. The highest BCUT2D eigenvalue weighted by Gasteiger charge is 2.20. The second-order valence-electron chi connectivity index (χ2n) is 8.15. The van der Waals surface area contributed by atoms with Gasteiger partial charge in [0, 0.05) is 58.4 Å². The van der Waals surface area contributed by atoms with Crippen molar-refractivity contribution in [1.29, 1.82) is 0 Å². The van der Waals surface area contributed by atoms with Crippen LogP contribution in [0.15, 0.2) is 49.3 Å². The maximum atomic E-state index is 12.5. The molecule has 0 saturated carbocycles. The Bertz CT molecular complexity index is 1300. The van der Waals surface area contributed by atoms with Crippen LogP contribution in [0.3, 0.4) is 0 Å². The molecule has 33 heavy (non-hydrogen) atoms. The summed E-state index contributed by atoms with van der Waals surface area (Å²) in [5, 5.41) is 0.487. The van der Waals surface area contributed by atoms with Crippen LogP contribution in [0.1, 0.15) is 12.0 Å². The number of aryl methyl sites for hydroxylation is 1. The van der Waals surface area contributed by atoms with Gasteiger partial charge < -0.3 is 14.1 Å². The zero-order valence-corrected chi connectivity index (χ0v) is 19.9. The SMILES string of the molecule is Cc1coc2cccc(OCCCN3CCN(c4cc(=O)n(C)c(=O)n4C)CC3)c2c1=O.Cl. The van der Waals surface area contributed by atoms with E-state index in [0.29, 0.717) is 34.7 Å². The fraction of sp³-hybridized carbons (Fsp3) is 0.435. The molecule has 3 heterocycles. The number of halogens is 1. The van der Waals surface area contributed by atoms with E-state index in [1.165, 1.54) is 23.9 Å². The number of aromatic nitrogens is 2. The fourth-order valence-electron chi connectivity index (χ4n) is 4.05. The molecule has 178 valence electrons. The fourth-order valence-corrected chi connectivity index (χ4v) is 4.05. The van der Waals surface area contributed by atoms with Crippen molar-refractivity contribution >= 4 is 29.2 Å². The standard InChI is InChI=1S/C23H28N4O5.ClH/c1-16-15-32-18-7-4-6-17(21(18)22(16)29)31-13-5-8-26-9-11-27(12-10-26)19-14-20(28)25(3)23(30)24(19)2;/h4,6-7,14-15H,5,8-13H2,1-3H3;1H. The molecule has 0 spiro atoms. The lowest BCUT2D eigenvalue weighted by Gasteiger charge is -2.36. The van der Waals surface area contributed by atoms with Crippen molar-refractivity contribution in [2.45, 2.75) is 13.3 Å². The van der Waals surface area contributed by atoms with E-state index in [1.807, 2.05) is 6.07 Å². The number of hydrogen-bond donors (Lipinski definition) is 0. The average Bonchev–Trinajstić information content (AvgIpc) is 2.80. The van der Waals surface area contributed by atoms with Crippen LogP contribution >= 0.6 is 12.4 Å². The number of nitrogens with zero attached hydrogens (tertiary/aromatic N) is 4. The quantitative estimate of drug-likeness (QED) is 0.498. The van der Waals surface area contributed by atoms with E-state index in [1.54, 1.807) is 26.1 Å². The molecule has 1 aliphatic rings. The van der Waals surface area contributed by atoms with Gasteiger partial charge in [-0.25, -0.2) is 4.79 Å². The van der Waals surface area contributed by atoms with Crippen LogP contribution in [0.25, 0.3) is 11.0 Å². The van der Waals surface area contributed by atoms with Crippen molar-refractivity contribution in [3.63, 3.8) is 0 Å². The van der Waals surface area contributed by atoms with Crippen molar-refractivity contribution in [3.05, 3.63) is 67.2 Å². The van der Waals surface area contributed by atoms with Gasteiger partial charge in [-0.2, -0.15) is 0 Å². The van der Waals surface area contributed by atoms with Crippen LogP contribution in [0.4, 0.5) is 5.82 Å². The lowest BCUT2D eigenvalue weighted by Crippen LogP contribution is -2.49. The minimum atomic E-state index is -0.315. The number of piperazine rings is 1. The molecule has 2 aromatic heterocycles. The molecule has 0 unspecified atom stereocenters. The number of benzene rings is 1. The maximum Gasteiger partial charge on any atom is 0.332 e. The van der Waals surface area contributed by atoms with Gasteiger partial charge in [-0.15, -0.1) is 12.4 Å². The Morgan fingerprint density at radius 2 is 1.76 bits per heavy atom. The van der Waals surface area contributed by atoms with E-state index < -0.39 is 0 Å². The molecule has 4 rings (SSSR count). The van der Waals surface area contributed by atoms with Gasteiger partial charge >= 0.3 is 5.69 Å². The third-order valence-corrected chi connectivity index (χ3v) is 6.01. The van der Waals surface area contributed by atoms with E-state index in [0.717, 1.165) is 43.7 Å². The van der Waals surface area contributed by atoms with Gasteiger partial charge in [-0.1, -0.05) is 6.07 Å². The molecule has 0 atom stereocenters. The summed E-state index contributed by atoms with van der Waals surface area (Å²) in [7, 11) is 3.18. The highest BCUT2D eigenvalue weighted by Crippen LogP contribution is 2.23. The molecule has 1 fully saturated rings. The summed E-state index contributed by atoms with van der Waals surface area (Å²) in [6.07, 6.45) is 2.29. The van der Waals surface area contributed by atoms with Gasteiger partial charge in [-0.05, 0) is 25.5 Å². The average molecular weight is 477 g/mol. The molecule has 0 amide bonds. The van der Waals surface area contributed by atoms with Gasteiger partial charge in [0.1, 0.15) is 22.5 Å². The van der Waals surface area contributed by atoms with Crippen LogP contribution in [0.5, 0.6) is 5.75 Å². The Hall–Kier alpha value is -3.04. The lowest BCUT2D eigenvalue weighted by molar-refractivity contribution is 0.224. The summed E-state index contributed by atoms with van der Waals surface area (Å²) < 4.78 is 14.1. The Morgan fingerprint density at radius 1 is 1.03 bits per heavy atom. The molecule has 1 aliphatic heterocycles. The highest BCUT2D eigenvalue weighted by atomic mass is 35.5. The minimum Gasteiger partial charge on any atom is -0.493 e. The second kappa shape index (κ2) is 10.3. The number of rotatable bonds is 6. The Balaban J connectivity index is 0.00000306. The van der Waals surface area contributed by atoms with E-state index in [-0.39, 0.29) is 29.1 Å². The smallest absolute Gasteiger partial charge is 0.332 e. The van der Waals surface area contributed by atoms with Gasteiger partial charge in [0.25, 0.3) is 5.56 Å². The molecule has 0 aliphatic carbocycles. The lowest BCUT2D eigenvalue weighted by atomic mass is 10.1. The first-order valence-electron chi connectivity index (χ1n) is 10.7. The molecule has 1 saturated heterocycles. The maximum absolute atomic E-state index is 12.5. The number of ether oxygens (including phenoxy) is 1. The van der Waals surface area contributed by atoms with Crippen molar-refractivity contribution in [1.82, 2.24) is 14.0 Å². The van der Waals surface area contributed by atoms with E-state index in [4.69, 9.17) is 9.15 Å². The van der Waals surface area contributed by atoms with Crippen molar-refractivity contribution in [3.8, 4) is 5.75 Å². The first-order valence-corrected chi connectivity index (χ1v) is 10.7. The predicted octanol–water partition coefficient (Wildman–Crippen LogP) is 1.51. The number of fused-ring (bicyclic) bond motifs is 1. The van der Waals surface area contributed by atoms with Crippen molar-refractivity contribution in [2.24, 2.45) is 14.1 Å². The molecule has 0 radical (unpaired) electrons. The van der Waals surface area contributed by atoms with Crippen LogP contribution in [0.2, 0.25) is 0 Å². The van der Waals surface area contributed by atoms with Crippen molar-refractivity contribution < 1.29 is 9.15 Å². The van der Waals surface area contributed by atoms with Crippen LogP contribution in [-0.2, 0) is 14.1 Å². The van der Waals surface area contributed by atoms with Gasteiger partial charge in [0.05, 0.1) is 12.9 Å². The van der Waals surface area contributed by atoms with Crippen molar-refractivity contribution in [2.75, 3.05) is 44.2 Å². The molecular formula is C23H29ClN4O5.